The topological polar surface area (TPSA) is 49.0 Å². The van der Waals surface area contributed by atoms with E-state index in [0.717, 1.165) is 12.1 Å². The molecule has 1 rings (SSSR count). The van der Waals surface area contributed by atoms with Crippen LogP contribution in [0.2, 0.25) is 0 Å². The van der Waals surface area contributed by atoms with Crippen LogP contribution in [0, 0.1) is 0 Å². The Kier molecular flexibility index (Phi) is 6.32. The summed E-state index contributed by atoms with van der Waals surface area (Å²) in [4.78, 5) is 0. The minimum atomic E-state index is 0.617. The first kappa shape index (κ1) is 14.6. The van der Waals surface area contributed by atoms with Gasteiger partial charge in [0.25, 0.3) is 0 Å². The first-order valence-electron chi connectivity index (χ1n) is 5.76. The number of nitrogens with one attached hydrogen (secondary N) is 1. The van der Waals surface area contributed by atoms with E-state index in [-0.39, 0.29) is 0 Å². The van der Waals surface area contributed by atoms with E-state index in [1.165, 1.54) is 0 Å². The molecule has 0 aliphatic rings. The Hall–Kier alpha value is -1.46. The van der Waals surface area contributed by atoms with Gasteiger partial charge in [-0.1, -0.05) is 6.07 Å². The van der Waals surface area contributed by atoms with Gasteiger partial charge in [0, 0.05) is 25.8 Å². The Morgan fingerprint density at radius 1 is 0.944 bits per heavy atom. The predicted molar refractivity (Wildman–Crippen MR) is 69.7 cm³/mol. The van der Waals surface area contributed by atoms with Crippen LogP contribution in [0.5, 0.6) is 17.2 Å². The van der Waals surface area contributed by atoms with Gasteiger partial charge in [-0.15, -0.1) is 0 Å². The van der Waals surface area contributed by atoms with Crippen molar-refractivity contribution in [3.63, 3.8) is 0 Å². The fourth-order valence-electron chi connectivity index (χ4n) is 1.70. The lowest BCUT2D eigenvalue weighted by atomic mass is 10.1. The summed E-state index contributed by atoms with van der Waals surface area (Å²) in [6.45, 7) is 2.15. The van der Waals surface area contributed by atoms with Crippen LogP contribution in [0.25, 0.3) is 0 Å². The lowest BCUT2D eigenvalue weighted by molar-refractivity contribution is 0.199. The third-order valence-corrected chi connectivity index (χ3v) is 2.58. The van der Waals surface area contributed by atoms with E-state index in [4.69, 9.17) is 18.9 Å². The molecule has 0 aliphatic carbocycles. The van der Waals surface area contributed by atoms with Crippen molar-refractivity contribution in [2.45, 2.75) is 6.54 Å². The highest BCUT2D eigenvalue weighted by Gasteiger charge is 2.15. The fraction of sp³-hybridized carbons (Fsp3) is 0.538. The molecule has 0 saturated heterocycles. The molecule has 0 spiro atoms. The van der Waals surface area contributed by atoms with Crippen LogP contribution >= 0.6 is 0 Å². The van der Waals surface area contributed by atoms with Gasteiger partial charge in [0.2, 0.25) is 5.75 Å². The smallest absolute Gasteiger partial charge is 0.203 e. The molecule has 5 heteroatoms. The second-order valence-corrected chi connectivity index (χ2v) is 3.66. The van der Waals surface area contributed by atoms with E-state index in [0.29, 0.717) is 30.4 Å². The number of rotatable bonds is 8. The summed E-state index contributed by atoms with van der Waals surface area (Å²) in [5.41, 5.74) is 1.02. The van der Waals surface area contributed by atoms with E-state index in [1.54, 1.807) is 28.4 Å². The van der Waals surface area contributed by atoms with Crippen molar-refractivity contribution in [3.05, 3.63) is 17.7 Å². The van der Waals surface area contributed by atoms with Gasteiger partial charge in [-0.05, 0) is 6.07 Å². The second kappa shape index (κ2) is 7.79. The minimum Gasteiger partial charge on any atom is -0.493 e. The molecule has 1 aromatic carbocycles. The summed E-state index contributed by atoms with van der Waals surface area (Å²) >= 11 is 0. The number of ether oxygens (including phenoxy) is 4. The first-order chi connectivity index (χ1) is 8.78. The van der Waals surface area contributed by atoms with Crippen molar-refractivity contribution in [2.75, 3.05) is 41.6 Å². The van der Waals surface area contributed by atoms with Crippen LogP contribution in [0.1, 0.15) is 5.56 Å². The average molecular weight is 255 g/mol. The Balaban J connectivity index is 2.84. The van der Waals surface area contributed by atoms with Crippen molar-refractivity contribution < 1.29 is 18.9 Å². The summed E-state index contributed by atoms with van der Waals surface area (Å²) in [6.07, 6.45) is 0. The lowest BCUT2D eigenvalue weighted by Gasteiger charge is -2.16. The quantitative estimate of drug-likeness (QED) is 0.712. The first-order valence-corrected chi connectivity index (χ1v) is 5.76. The van der Waals surface area contributed by atoms with Crippen LogP contribution in [-0.2, 0) is 11.3 Å². The number of benzene rings is 1. The molecule has 0 aromatic heterocycles. The minimum absolute atomic E-state index is 0.617. The fourth-order valence-corrected chi connectivity index (χ4v) is 1.70. The standard InChI is InChI=1S/C13H21NO4/c1-15-8-7-14-9-10-5-6-11(16-2)13(18-4)12(10)17-3/h5-6,14H,7-9H2,1-4H3. The molecule has 18 heavy (non-hydrogen) atoms. The highest BCUT2D eigenvalue weighted by molar-refractivity contribution is 5.55. The molecule has 0 amide bonds. The summed E-state index contributed by atoms with van der Waals surface area (Å²) in [5.74, 6) is 1.97. The van der Waals surface area contributed by atoms with Crippen molar-refractivity contribution in [2.24, 2.45) is 0 Å². The average Bonchev–Trinajstić information content (AvgIpc) is 2.42. The number of hydrogen-bond acceptors (Lipinski definition) is 5. The summed E-state index contributed by atoms with van der Waals surface area (Å²) in [7, 11) is 6.50. The van der Waals surface area contributed by atoms with Gasteiger partial charge < -0.3 is 24.3 Å². The van der Waals surface area contributed by atoms with Crippen molar-refractivity contribution in [3.8, 4) is 17.2 Å². The summed E-state index contributed by atoms with van der Waals surface area (Å²) in [5, 5.41) is 3.26. The van der Waals surface area contributed by atoms with E-state index >= 15 is 0 Å². The number of hydrogen-bond donors (Lipinski definition) is 1. The van der Waals surface area contributed by atoms with Crippen molar-refractivity contribution in [1.82, 2.24) is 5.32 Å². The summed E-state index contributed by atoms with van der Waals surface area (Å²) < 4.78 is 20.9. The molecular weight excluding hydrogens is 234 g/mol. The molecular formula is C13H21NO4. The molecule has 0 aliphatic heterocycles. The monoisotopic (exact) mass is 255 g/mol. The molecule has 0 radical (unpaired) electrons. The van der Waals surface area contributed by atoms with Gasteiger partial charge in [-0.2, -0.15) is 0 Å². The van der Waals surface area contributed by atoms with Crippen LogP contribution < -0.4 is 19.5 Å². The van der Waals surface area contributed by atoms with Crippen molar-refractivity contribution >= 4 is 0 Å². The normalized spacial score (nSPS) is 10.2. The van der Waals surface area contributed by atoms with Crippen LogP contribution in [-0.4, -0.2) is 41.6 Å². The van der Waals surface area contributed by atoms with Gasteiger partial charge in [-0.25, -0.2) is 0 Å². The zero-order chi connectivity index (χ0) is 13.4. The molecule has 1 N–H and O–H groups in total. The van der Waals surface area contributed by atoms with Gasteiger partial charge in [-0.3, -0.25) is 0 Å². The van der Waals surface area contributed by atoms with E-state index in [9.17, 15) is 0 Å². The molecule has 102 valence electrons. The summed E-state index contributed by atoms with van der Waals surface area (Å²) in [6, 6.07) is 3.83. The Morgan fingerprint density at radius 2 is 1.67 bits per heavy atom. The zero-order valence-electron chi connectivity index (χ0n) is 11.4. The third-order valence-electron chi connectivity index (χ3n) is 2.58. The second-order valence-electron chi connectivity index (χ2n) is 3.66. The molecule has 1 aromatic rings. The zero-order valence-corrected chi connectivity index (χ0v) is 11.4. The van der Waals surface area contributed by atoms with Crippen molar-refractivity contribution in [1.29, 1.82) is 0 Å². The van der Waals surface area contributed by atoms with E-state index in [2.05, 4.69) is 5.32 Å². The van der Waals surface area contributed by atoms with Crippen LogP contribution in [0.15, 0.2) is 12.1 Å². The maximum absolute atomic E-state index is 5.39. The highest BCUT2D eigenvalue weighted by Crippen LogP contribution is 2.39. The van der Waals surface area contributed by atoms with E-state index < -0.39 is 0 Å². The molecule has 0 bridgehead atoms. The van der Waals surface area contributed by atoms with Gasteiger partial charge in [0.15, 0.2) is 11.5 Å². The molecule has 0 fully saturated rings. The molecule has 0 saturated carbocycles. The number of methoxy groups -OCH3 is 4. The van der Waals surface area contributed by atoms with Gasteiger partial charge >= 0.3 is 0 Å². The highest BCUT2D eigenvalue weighted by atomic mass is 16.5. The van der Waals surface area contributed by atoms with Gasteiger partial charge in [0.1, 0.15) is 0 Å². The molecule has 5 nitrogen and oxygen atoms in total. The lowest BCUT2D eigenvalue weighted by Crippen LogP contribution is -2.19. The molecule has 0 unspecified atom stereocenters. The molecule has 0 atom stereocenters. The maximum atomic E-state index is 5.39. The van der Waals surface area contributed by atoms with Crippen LogP contribution in [0.3, 0.4) is 0 Å². The predicted octanol–water partition coefficient (Wildman–Crippen LogP) is 1.45. The maximum Gasteiger partial charge on any atom is 0.203 e. The van der Waals surface area contributed by atoms with E-state index in [1.807, 2.05) is 12.1 Å². The Bertz CT molecular complexity index is 368. The SMILES string of the molecule is COCCNCc1ccc(OC)c(OC)c1OC. The largest absolute Gasteiger partial charge is 0.493 e. The Morgan fingerprint density at radius 3 is 2.22 bits per heavy atom. The third kappa shape index (κ3) is 3.51. The molecule has 0 heterocycles. The Labute approximate surface area is 108 Å². The van der Waals surface area contributed by atoms with Crippen LogP contribution in [0.4, 0.5) is 0 Å². The van der Waals surface area contributed by atoms with Gasteiger partial charge in [0.05, 0.1) is 27.9 Å².